The normalized spacial score (nSPS) is 25.9. The first-order valence-electron chi connectivity index (χ1n) is 8.54. The number of aromatic nitrogens is 2. The molecule has 0 spiro atoms. The summed E-state index contributed by atoms with van der Waals surface area (Å²) in [6.45, 7) is 3.80. The van der Waals surface area contributed by atoms with Crippen molar-refractivity contribution in [2.75, 3.05) is 33.2 Å². The van der Waals surface area contributed by atoms with Crippen molar-refractivity contribution in [3.05, 3.63) is 48.0 Å². The Balaban J connectivity index is 1.43. The van der Waals surface area contributed by atoms with E-state index < -0.39 is 0 Å². The molecule has 7 heteroatoms. The largest absolute Gasteiger partial charge is 0.351 e. The van der Waals surface area contributed by atoms with Crippen molar-refractivity contribution in [1.82, 2.24) is 25.3 Å². The molecule has 4 rings (SSSR count). The average molecular weight is 343 g/mol. The van der Waals surface area contributed by atoms with E-state index in [1.165, 1.54) is 12.1 Å². The molecule has 0 radical (unpaired) electrons. The predicted octanol–water partition coefficient (Wildman–Crippen LogP) is 0.779. The van der Waals surface area contributed by atoms with E-state index in [9.17, 15) is 9.18 Å². The highest BCUT2D eigenvalue weighted by atomic mass is 19.1. The van der Waals surface area contributed by atoms with Gasteiger partial charge >= 0.3 is 0 Å². The fourth-order valence-corrected chi connectivity index (χ4v) is 4.06. The zero-order valence-corrected chi connectivity index (χ0v) is 14.2. The predicted molar refractivity (Wildman–Crippen MR) is 91.7 cm³/mol. The number of carbonyl (C=O) groups is 1. The third-order valence-corrected chi connectivity index (χ3v) is 5.31. The van der Waals surface area contributed by atoms with Crippen LogP contribution < -0.4 is 10.6 Å². The molecule has 2 fully saturated rings. The lowest BCUT2D eigenvalue weighted by molar-refractivity contribution is -0.130. The minimum absolute atomic E-state index is 0.102. The Morgan fingerprint density at radius 2 is 2.40 bits per heavy atom. The Kier molecular flexibility index (Phi) is 4.05. The maximum atomic E-state index is 13.3. The van der Waals surface area contributed by atoms with Crippen molar-refractivity contribution in [2.45, 2.75) is 6.54 Å². The molecule has 1 aromatic heterocycles. The van der Waals surface area contributed by atoms with Gasteiger partial charge in [-0.25, -0.2) is 9.07 Å². The highest BCUT2D eigenvalue weighted by Gasteiger charge is 2.53. The summed E-state index contributed by atoms with van der Waals surface area (Å²) in [5.74, 6) is 0.171. The van der Waals surface area contributed by atoms with Crippen molar-refractivity contribution in [3.63, 3.8) is 0 Å². The van der Waals surface area contributed by atoms with Crippen molar-refractivity contribution in [1.29, 1.82) is 0 Å². The van der Waals surface area contributed by atoms with Crippen molar-refractivity contribution in [2.24, 2.45) is 11.3 Å². The van der Waals surface area contributed by atoms with Gasteiger partial charge in [-0.15, -0.1) is 0 Å². The van der Waals surface area contributed by atoms with Crippen LogP contribution in [0.3, 0.4) is 0 Å². The third kappa shape index (κ3) is 2.94. The number of hydrogen-bond acceptors (Lipinski definition) is 4. The topological polar surface area (TPSA) is 62.2 Å². The molecule has 2 N–H and O–H groups in total. The lowest BCUT2D eigenvalue weighted by atomic mass is 9.80. The van der Waals surface area contributed by atoms with E-state index in [0.29, 0.717) is 18.2 Å². The molecule has 0 saturated carbocycles. The summed E-state index contributed by atoms with van der Waals surface area (Å²) in [4.78, 5) is 15.1. The Morgan fingerprint density at radius 1 is 1.52 bits per heavy atom. The zero-order chi connectivity index (χ0) is 17.4. The van der Waals surface area contributed by atoms with E-state index in [1.54, 1.807) is 23.0 Å². The van der Waals surface area contributed by atoms with Gasteiger partial charge in [0.05, 0.1) is 17.3 Å². The maximum Gasteiger partial charge on any atom is 0.229 e. The van der Waals surface area contributed by atoms with E-state index in [1.807, 2.05) is 6.20 Å². The van der Waals surface area contributed by atoms with Crippen LogP contribution in [-0.2, 0) is 11.3 Å². The number of halogens is 1. The molecule has 2 aliphatic heterocycles. The Labute approximate surface area is 146 Å². The number of likely N-dealkylation sites (tertiary alicyclic amines) is 1. The van der Waals surface area contributed by atoms with Crippen LogP contribution in [0.15, 0.2) is 36.7 Å². The maximum absolute atomic E-state index is 13.3. The van der Waals surface area contributed by atoms with Gasteiger partial charge in [0, 0.05) is 50.4 Å². The van der Waals surface area contributed by atoms with Gasteiger partial charge in [0.15, 0.2) is 0 Å². The number of fused-ring (bicyclic) bond motifs is 1. The number of nitrogens with zero attached hydrogens (tertiary/aromatic N) is 3. The summed E-state index contributed by atoms with van der Waals surface area (Å²) in [7, 11) is 2.07. The van der Waals surface area contributed by atoms with Gasteiger partial charge in [-0.3, -0.25) is 4.79 Å². The molecule has 2 aliphatic rings. The smallest absolute Gasteiger partial charge is 0.229 e. The van der Waals surface area contributed by atoms with Crippen LogP contribution in [0.4, 0.5) is 4.39 Å². The number of carbonyl (C=O) groups excluding carboxylic acids is 1. The van der Waals surface area contributed by atoms with Crippen LogP contribution in [0.1, 0.15) is 5.56 Å². The number of nitrogens with one attached hydrogen (secondary N) is 2. The second kappa shape index (κ2) is 6.24. The van der Waals surface area contributed by atoms with E-state index in [2.05, 4.69) is 27.7 Å². The molecule has 6 nitrogen and oxygen atoms in total. The highest BCUT2D eigenvalue weighted by molar-refractivity contribution is 5.84. The summed E-state index contributed by atoms with van der Waals surface area (Å²) in [6.07, 6.45) is 3.52. The molecule has 1 aromatic carbocycles. The Morgan fingerprint density at radius 3 is 3.24 bits per heavy atom. The van der Waals surface area contributed by atoms with Gasteiger partial charge in [0.2, 0.25) is 5.91 Å². The van der Waals surface area contributed by atoms with E-state index in [0.717, 1.165) is 31.7 Å². The van der Waals surface area contributed by atoms with Crippen molar-refractivity contribution in [3.8, 4) is 5.69 Å². The number of amides is 1. The molecule has 0 bridgehead atoms. The molecule has 2 aromatic rings. The van der Waals surface area contributed by atoms with Crippen LogP contribution in [0.5, 0.6) is 0 Å². The van der Waals surface area contributed by atoms with Gasteiger partial charge in [-0.1, -0.05) is 6.07 Å². The van der Waals surface area contributed by atoms with Crippen molar-refractivity contribution >= 4 is 5.91 Å². The summed E-state index contributed by atoms with van der Waals surface area (Å²) >= 11 is 0. The lowest BCUT2D eigenvalue weighted by Crippen LogP contribution is -2.46. The number of rotatable bonds is 4. The summed E-state index contributed by atoms with van der Waals surface area (Å²) in [5, 5.41) is 10.7. The second-order valence-electron chi connectivity index (χ2n) is 7.14. The minimum Gasteiger partial charge on any atom is -0.351 e. The summed E-state index contributed by atoms with van der Waals surface area (Å²) < 4.78 is 15.0. The van der Waals surface area contributed by atoms with Crippen LogP contribution in [-0.4, -0.2) is 53.8 Å². The average Bonchev–Trinajstić information content (AvgIpc) is 3.26. The molecule has 25 heavy (non-hydrogen) atoms. The van der Waals surface area contributed by atoms with Gasteiger partial charge in [-0.05, 0) is 25.2 Å². The molecule has 3 heterocycles. The first-order valence-corrected chi connectivity index (χ1v) is 8.54. The summed E-state index contributed by atoms with van der Waals surface area (Å²) in [5.41, 5.74) is 1.23. The SMILES string of the molecule is CN1C[C@H]2CNC[C@@]2(C(=O)NCc2cnn(-c3cccc(F)c3)c2)C1. The van der Waals surface area contributed by atoms with Gasteiger partial charge in [0.1, 0.15) is 5.82 Å². The molecule has 2 atom stereocenters. The van der Waals surface area contributed by atoms with Crippen LogP contribution in [0.2, 0.25) is 0 Å². The molecule has 0 aliphatic carbocycles. The fraction of sp³-hybridized carbons (Fsp3) is 0.444. The van der Waals surface area contributed by atoms with Gasteiger partial charge in [0.25, 0.3) is 0 Å². The standard InChI is InChI=1S/C18H22FN5O/c1-23-10-14-8-20-11-18(14,12-23)17(25)21-6-13-7-22-24(9-13)16-4-2-3-15(19)5-16/h2-5,7,9,14,20H,6,8,10-12H2,1H3,(H,21,25)/t14-,18-/m1/s1. The van der Waals surface area contributed by atoms with E-state index in [4.69, 9.17) is 0 Å². The van der Waals surface area contributed by atoms with E-state index in [-0.39, 0.29) is 17.1 Å². The van der Waals surface area contributed by atoms with Crippen molar-refractivity contribution < 1.29 is 9.18 Å². The molecule has 132 valence electrons. The molecular weight excluding hydrogens is 321 g/mol. The molecule has 0 unspecified atom stereocenters. The fourth-order valence-electron chi connectivity index (χ4n) is 4.06. The first-order chi connectivity index (χ1) is 12.1. The highest BCUT2D eigenvalue weighted by Crippen LogP contribution is 2.38. The number of hydrogen-bond donors (Lipinski definition) is 2. The second-order valence-corrected chi connectivity index (χ2v) is 7.14. The molecule has 2 saturated heterocycles. The van der Waals surface area contributed by atoms with E-state index >= 15 is 0 Å². The lowest BCUT2D eigenvalue weighted by Gasteiger charge is -2.26. The number of benzene rings is 1. The van der Waals surface area contributed by atoms with Crippen LogP contribution >= 0.6 is 0 Å². The Bertz CT molecular complexity index is 791. The molecule has 1 amide bonds. The Hall–Kier alpha value is -2.25. The molecular formula is C18H22FN5O. The summed E-state index contributed by atoms with van der Waals surface area (Å²) in [6, 6.07) is 6.27. The first kappa shape index (κ1) is 16.2. The van der Waals surface area contributed by atoms with Gasteiger partial charge in [-0.2, -0.15) is 5.10 Å². The van der Waals surface area contributed by atoms with Crippen LogP contribution in [0.25, 0.3) is 5.69 Å². The monoisotopic (exact) mass is 343 g/mol. The zero-order valence-electron chi connectivity index (χ0n) is 14.2. The quantitative estimate of drug-likeness (QED) is 0.861. The third-order valence-electron chi connectivity index (χ3n) is 5.31. The van der Waals surface area contributed by atoms with Gasteiger partial charge < -0.3 is 15.5 Å². The van der Waals surface area contributed by atoms with Crippen LogP contribution in [0, 0.1) is 17.2 Å². The minimum atomic E-state index is -0.326.